The van der Waals surface area contributed by atoms with Gasteiger partial charge in [-0.25, -0.2) is 0 Å². The summed E-state index contributed by atoms with van der Waals surface area (Å²) in [5.74, 6) is -0.138. The highest BCUT2D eigenvalue weighted by molar-refractivity contribution is 7.07. The number of nitrogens with one attached hydrogen (secondary N) is 1. The van der Waals surface area contributed by atoms with Crippen molar-refractivity contribution in [1.29, 1.82) is 0 Å². The van der Waals surface area contributed by atoms with Crippen molar-refractivity contribution in [2.75, 3.05) is 0 Å². The Balaban J connectivity index is 1.64. The second-order valence-electron chi connectivity index (χ2n) is 4.58. The molecule has 0 aliphatic heterocycles. The molecule has 1 aromatic carbocycles. The third-order valence-corrected chi connectivity index (χ3v) is 3.95. The van der Waals surface area contributed by atoms with Crippen LogP contribution < -0.4 is 5.32 Å². The first kappa shape index (κ1) is 13.5. The molecule has 0 aliphatic carbocycles. The van der Waals surface area contributed by atoms with Gasteiger partial charge in [-0.05, 0) is 35.6 Å². The van der Waals surface area contributed by atoms with Gasteiger partial charge in [0, 0.05) is 12.1 Å². The number of carbonyl (C=O) groups is 1. The minimum Gasteiger partial charge on any atom is -0.472 e. The van der Waals surface area contributed by atoms with Crippen LogP contribution in [0.2, 0.25) is 0 Å². The molecule has 2 aromatic heterocycles. The molecule has 0 fully saturated rings. The quantitative estimate of drug-likeness (QED) is 0.804. The van der Waals surface area contributed by atoms with Gasteiger partial charge in [0.2, 0.25) is 0 Å². The maximum Gasteiger partial charge on any atom is 0.265 e. The fourth-order valence-corrected chi connectivity index (χ4v) is 2.52. The molecule has 1 amide bonds. The Morgan fingerprint density at radius 2 is 2.05 bits per heavy atom. The molecule has 2 heterocycles. The smallest absolute Gasteiger partial charge is 0.265 e. The van der Waals surface area contributed by atoms with Gasteiger partial charge in [0.05, 0.1) is 18.2 Å². The van der Waals surface area contributed by atoms with E-state index in [1.807, 2.05) is 30.3 Å². The first-order valence-electron chi connectivity index (χ1n) is 6.42. The van der Waals surface area contributed by atoms with Gasteiger partial charge in [-0.2, -0.15) is 0 Å². The maximum atomic E-state index is 12.0. The lowest BCUT2D eigenvalue weighted by atomic mass is 10.1. The number of benzene rings is 1. The van der Waals surface area contributed by atoms with E-state index in [9.17, 15) is 4.79 Å². The van der Waals surface area contributed by atoms with Crippen LogP contribution in [0.5, 0.6) is 0 Å². The molecule has 0 spiro atoms. The third kappa shape index (κ3) is 3.00. The fraction of sp³-hybridized carbons (Fsp3) is 0.133. The van der Waals surface area contributed by atoms with Crippen LogP contribution in [0, 0.1) is 6.92 Å². The number of aromatic nitrogens is 2. The topological polar surface area (TPSA) is 68.0 Å². The van der Waals surface area contributed by atoms with Crippen molar-refractivity contribution < 1.29 is 9.21 Å². The summed E-state index contributed by atoms with van der Waals surface area (Å²) in [6.07, 6.45) is 3.35. The molecule has 0 aliphatic rings. The normalized spacial score (nSPS) is 10.5. The van der Waals surface area contributed by atoms with Gasteiger partial charge in [-0.15, -0.1) is 5.10 Å². The van der Waals surface area contributed by atoms with Crippen LogP contribution in [0.4, 0.5) is 0 Å². The Hall–Kier alpha value is -2.47. The number of amides is 1. The van der Waals surface area contributed by atoms with Crippen LogP contribution in [0.1, 0.15) is 20.9 Å². The van der Waals surface area contributed by atoms with Gasteiger partial charge in [0.25, 0.3) is 5.91 Å². The van der Waals surface area contributed by atoms with Crippen LogP contribution in [0.15, 0.2) is 47.3 Å². The zero-order valence-corrected chi connectivity index (χ0v) is 12.2. The van der Waals surface area contributed by atoms with Gasteiger partial charge in [-0.3, -0.25) is 4.79 Å². The molecule has 0 saturated heterocycles. The summed E-state index contributed by atoms with van der Waals surface area (Å²) in [6.45, 7) is 2.25. The van der Waals surface area contributed by atoms with E-state index < -0.39 is 0 Å². The third-order valence-electron chi connectivity index (χ3n) is 3.12. The molecule has 0 radical (unpaired) electrons. The largest absolute Gasteiger partial charge is 0.472 e. The molecule has 0 atom stereocenters. The van der Waals surface area contributed by atoms with Gasteiger partial charge in [0.1, 0.15) is 4.88 Å². The number of carbonyl (C=O) groups excluding carboxylic acids is 1. The zero-order valence-electron chi connectivity index (χ0n) is 11.4. The summed E-state index contributed by atoms with van der Waals surface area (Å²) in [5, 5.41) is 6.70. The number of rotatable bonds is 4. The predicted octanol–water partition coefficient (Wildman–Crippen LogP) is 3.04. The lowest BCUT2D eigenvalue weighted by Crippen LogP contribution is -2.22. The summed E-state index contributed by atoms with van der Waals surface area (Å²) in [5.41, 5.74) is 3.82. The number of hydrogen-bond acceptors (Lipinski definition) is 5. The van der Waals surface area contributed by atoms with E-state index in [0.717, 1.165) is 28.2 Å². The summed E-state index contributed by atoms with van der Waals surface area (Å²) in [4.78, 5) is 12.5. The number of aryl methyl sites for hydroxylation is 1. The Morgan fingerprint density at radius 1 is 1.24 bits per heavy atom. The highest BCUT2D eigenvalue weighted by atomic mass is 32.1. The molecule has 6 heteroatoms. The molecular weight excluding hydrogens is 286 g/mol. The molecule has 0 bridgehead atoms. The van der Waals surface area contributed by atoms with E-state index in [4.69, 9.17) is 4.42 Å². The Labute approximate surface area is 125 Å². The van der Waals surface area contributed by atoms with E-state index >= 15 is 0 Å². The summed E-state index contributed by atoms with van der Waals surface area (Å²) in [7, 11) is 0. The van der Waals surface area contributed by atoms with Crippen LogP contribution >= 0.6 is 11.5 Å². The van der Waals surface area contributed by atoms with Crippen molar-refractivity contribution in [3.8, 4) is 11.1 Å². The van der Waals surface area contributed by atoms with Crippen molar-refractivity contribution in [2.24, 2.45) is 0 Å². The van der Waals surface area contributed by atoms with Crippen LogP contribution in [0.3, 0.4) is 0 Å². The average molecular weight is 299 g/mol. The van der Waals surface area contributed by atoms with Gasteiger partial charge < -0.3 is 9.73 Å². The molecule has 0 saturated carbocycles. The highest BCUT2D eigenvalue weighted by Crippen LogP contribution is 2.20. The molecule has 1 N–H and O–H groups in total. The average Bonchev–Trinajstić information content (AvgIpc) is 3.16. The Kier molecular flexibility index (Phi) is 3.79. The van der Waals surface area contributed by atoms with Crippen molar-refractivity contribution in [3.63, 3.8) is 0 Å². The number of furan rings is 1. The van der Waals surface area contributed by atoms with Crippen molar-refractivity contribution in [3.05, 3.63) is 59.0 Å². The highest BCUT2D eigenvalue weighted by Gasteiger charge is 2.12. The molecule has 3 aromatic rings. The Morgan fingerprint density at radius 3 is 2.67 bits per heavy atom. The molecule has 106 valence electrons. The summed E-state index contributed by atoms with van der Waals surface area (Å²) >= 11 is 1.11. The lowest BCUT2D eigenvalue weighted by Gasteiger charge is -2.05. The fourth-order valence-electron chi connectivity index (χ4n) is 1.95. The first-order chi connectivity index (χ1) is 10.2. The van der Waals surface area contributed by atoms with Gasteiger partial charge >= 0.3 is 0 Å². The monoisotopic (exact) mass is 299 g/mol. The second kappa shape index (κ2) is 5.88. The number of nitrogens with zero attached hydrogens (tertiary/aromatic N) is 2. The second-order valence-corrected chi connectivity index (χ2v) is 5.33. The molecule has 5 nitrogen and oxygen atoms in total. The Bertz CT molecular complexity index is 733. The van der Waals surface area contributed by atoms with Crippen molar-refractivity contribution in [1.82, 2.24) is 14.9 Å². The van der Waals surface area contributed by atoms with Crippen molar-refractivity contribution in [2.45, 2.75) is 13.5 Å². The van der Waals surface area contributed by atoms with Gasteiger partial charge in [-0.1, -0.05) is 28.8 Å². The van der Waals surface area contributed by atoms with Crippen LogP contribution in [-0.4, -0.2) is 15.5 Å². The molecule has 0 unspecified atom stereocenters. The molecular formula is C15H13N3O2S. The van der Waals surface area contributed by atoms with Gasteiger partial charge in [0.15, 0.2) is 0 Å². The van der Waals surface area contributed by atoms with E-state index in [0.29, 0.717) is 17.1 Å². The maximum absolute atomic E-state index is 12.0. The summed E-state index contributed by atoms with van der Waals surface area (Å²) < 4.78 is 8.82. The van der Waals surface area contributed by atoms with Crippen LogP contribution in [0.25, 0.3) is 11.1 Å². The van der Waals surface area contributed by atoms with E-state index in [1.54, 1.807) is 19.5 Å². The minimum absolute atomic E-state index is 0.138. The van der Waals surface area contributed by atoms with E-state index in [2.05, 4.69) is 14.9 Å². The van der Waals surface area contributed by atoms with E-state index in [-0.39, 0.29) is 5.91 Å². The predicted molar refractivity (Wildman–Crippen MR) is 80.0 cm³/mol. The SMILES string of the molecule is Cc1nnsc1C(=O)NCc1ccc(-c2ccoc2)cc1. The number of hydrogen-bond donors (Lipinski definition) is 1. The standard InChI is InChI=1S/C15H13N3O2S/c1-10-14(21-18-17-10)15(19)16-8-11-2-4-12(5-3-11)13-6-7-20-9-13/h2-7,9H,8H2,1H3,(H,16,19). The van der Waals surface area contributed by atoms with E-state index in [1.165, 1.54) is 0 Å². The van der Waals surface area contributed by atoms with Crippen molar-refractivity contribution >= 4 is 17.4 Å². The minimum atomic E-state index is -0.138. The lowest BCUT2D eigenvalue weighted by molar-refractivity contribution is 0.0954. The first-order valence-corrected chi connectivity index (χ1v) is 7.20. The zero-order chi connectivity index (χ0) is 14.7. The van der Waals surface area contributed by atoms with Crippen LogP contribution in [-0.2, 0) is 6.54 Å². The molecule has 3 rings (SSSR count). The summed E-state index contributed by atoms with van der Waals surface area (Å²) in [6, 6.07) is 9.90. The molecule has 21 heavy (non-hydrogen) atoms.